The quantitative estimate of drug-likeness (QED) is 0.190. The molecule has 0 spiro atoms. The van der Waals surface area contributed by atoms with E-state index in [-0.39, 0.29) is 22.3 Å². The van der Waals surface area contributed by atoms with Crippen LogP contribution in [0.4, 0.5) is 0 Å². The molecule has 0 aliphatic heterocycles. The second kappa shape index (κ2) is 10.8. The van der Waals surface area contributed by atoms with Crippen molar-refractivity contribution < 1.29 is 23.8 Å². The molecule has 0 fully saturated rings. The van der Waals surface area contributed by atoms with Gasteiger partial charge in [0, 0.05) is 19.9 Å². The summed E-state index contributed by atoms with van der Waals surface area (Å²) >= 11 is 13.4. The van der Waals surface area contributed by atoms with Gasteiger partial charge in [0.2, 0.25) is 5.82 Å². The molecule has 0 unspecified atom stereocenters. The summed E-state index contributed by atoms with van der Waals surface area (Å²) in [6.07, 6.45) is 0.237. The largest absolute Gasteiger partial charge is 0.493 e. The summed E-state index contributed by atoms with van der Waals surface area (Å²) in [6, 6.07) is 15.9. The molecule has 2 aromatic heterocycles. The summed E-state index contributed by atoms with van der Waals surface area (Å²) in [5.41, 5.74) is 1.15. The molecule has 0 amide bonds. The van der Waals surface area contributed by atoms with E-state index in [2.05, 4.69) is 41.9 Å². The van der Waals surface area contributed by atoms with Crippen LogP contribution < -0.4 is 15.0 Å². The van der Waals surface area contributed by atoms with Gasteiger partial charge in [0.05, 0.1) is 24.2 Å². The minimum absolute atomic E-state index is 0.0526. The number of benzene rings is 3. The van der Waals surface area contributed by atoms with Crippen LogP contribution >= 0.6 is 43.5 Å². The van der Waals surface area contributed by atoms with E-state index in [0.717, 1.165) is 14.5 Å². The van der Waals surface area contributed by atoms with E-state index in [1.165, 1.54) is 20.2 Å². The first kappa shape index (κ1) is 26.9. The summed E-state index contributed by atoms with van der Waals surface area (Å²) in [7, 11) is 1.40. The summed E-state index contributed by atoms with van der Waals surface area (Å²) < 4.78 is 19.3. The first-order chi connectivity index (χ1) is 18.7. The van der Waals surface area contributed by atoms with Crippen molar-refractivity contribution in [2.24, 2.45) is 5.10 Å². The Morgan fingerprint density at radius 1 is 1.21 bits per heavy atom. The third kappa shape index (κ3) is 5.17. The molecule has 5 rings (SSSR count). The predicted molar refractivity (Wildman–Crippen MR) is 155 cm³/mol. The molecule has 0 saturated heterocycles. The zero-order valence-electron chi connectivity index (χ0n) is 20.3. The number of nitrogens with zero attached hydrogens (tertiary/aromatic N) is 3. The maximum Gasteiger partial charge on any atom is 0.344 e. The van der Waals surface area contributed by atoms with Gasteiger partial charge >= 0.3 is 5.97 Å². The highest BCUT2D eigenvalue weighted by molar-refractivity contribution is 9.10. The number of rotatable bonds is 7. The molecule has 198 valence electrons. The lowest BCUT2D eigenvalue weighted by Crippen LogP contribution is -2.23. The molecule has 3 aromatic carbocycles. The van der Waals surface area contributed by atoms with Gasteiger partial charge in [-0.25, -0.2) is 9.78 Å². The number of methoxy groups -OCH3 is 1. The number of aliphatic carboxylic acids is 1. The van der Waals surface area contributed by atoms with E-state index in [0.29, 0.717) is 32.3 Å². The van der Waals surface area contributed by atoms with Crippen molar-refractivity contribution in [3.05, 3.63) is 84.5 Å². The Morgan fingerprint density at radius 2 is 1.97 bits per heavy atom. The molecule has 5 aromatic rings. The molecule has 1 N–H and O–H groups in total. The highest BCUT2D eigenvalue weighted by atomic mass is 79.9. The molecule has 1 atom stereocenters. The van der Waals surface area contributed by atoms with E-state index in [1.807, 2.05) is 18.2 Å². The lowest BCUT2D eigenvalue weighted by atomic mass is 10.2. The maximum atomic E-state index is 13.5. The van der Waals surface area contributed by atoms with Crippen LogP contribution in [0.2, 0.25) is 5.02 Å². The molecule has 2 heterocycles. The van der Waals surface area contributed by atoms with E-state index in [1.54, 1.807) is 36.4 Å². The van der Waals surface area contributed by atoms with Crippen molar-refractivity contribution in [2.45, 2.75) is 13.0 Å². The monoisotopic (exact) mass is 673 g/mol. The number of carboxylic acids is 1. The van der Waals surface area contributed by atoms with Gasteiger partial charge in [-0.05, 0) is 65.3 Å². The van der Waals surface area contributed by atoms with Crippen LogP contribution in [-0.2, 0) is 4.79 Å². The number of carboxylic acid groups (broad SMARTS) is 1. The molecule has 12 heteroatoms. The summed E-state index contributed by atoms with van der Waals surface area (Å²) in [4.78, 5) is 29.5. The standard InChI is InChI=1S/C27H18Br2ClN3O6/c1-13(27(35)36)38-24-20(37-2)11-15(22(29)23(24)30)12-31-33-25(32-18-6-4-3-5-17(18)26(33)34)21-10-14-9-16(28)7-8-19(14)39-21/h3-13H,1-2H3,(H,35,36)/t13-/m0/s1. The number of ether oxygens (including phenoxy) is 2. The Labute approximate surface area is 242 Å². The number of carbonyl (C=O) groups is 1. The van der Waals surface area contributed by atoms with E-state index < -0.39 is 17.6 Å². The van der Waals surface area contributed by atoms with Gasteiger partial charge < -0.3 is 19.0 Å². The number of fused-ring (bicyclic) bond motifs is 2. The summed E-state index contributed by atoms with van der Waals surface area (Å²) in [6.45, 7) is 1.37. The molecular formula is C27H18Br2ClN3O6. The molecule has 0 aliphatic rings. The van der Waals surface area contributed by atoms with E-state index in [4.69, 9.17) is 25.5 Å². The van der Waals surface area contributed by atoms with Crippen molar-refractivity contribution in [3.63, 3.8) is 0 Å². The zero-order chi connectivity index (χ0) is 27.8. The Balaban J connectivity index is 1.66. The Kier molecular flexibility index (Phi) is 7.48. The average molecular weight is 676 g/mol. The van der Waals surface area contributed by atoms with Crippen LogP contribution in [0.5, 0.6) is 11.5 Å². The zero-order valence-corrected chi connectivity index (χ0v) is 24.2. The van der Waals surface area contributed by atoms with Gasteiger partial charge in [-0.1, -0.05) is 39.7 Å². The molecule has 0 bridgehead atoms. The highest BCUT2D eigenvalue weighted by Gasteiger charge is 2.22. The van der Waals surface area contributed by atoms with Gasteiger partial charge in [-0.15, -0.1) is 0 Å². The average Bonchev–Trinajstić information content (AvgIpc) is 3.34. The van der Waals surface area contributed by atoms with Gasteiger partial charge in [-0.2, -0.15) is 9.78 Å². The number of hydrogen-bond acceptors (Lipinski definition) is 7. The molecule has 0 radical (unpaired) electrons. The fraction of sp³-hybridized carbons (Fsp3) is 0.111. The highest BCUT2D eigenvalue weighted by Crippen LogP contribution is 2.42. The van der Waals surface area contributed by atoms with Crippen molar-refractivity contribution in [1.29, 1.82) is 0 Å². The third-order valence-corrected chi connectivity index (χ3v) is 7.72. The Bertz CT molecular complexity index is 1850. The molecule has 0 aliphatic carbocycles. The van der Waals surface area contributed by atoms with Gasteiger partial charge in [0.1, 0.15) is 10.6 Å². The fourth-order valence-electron chi connectivity index (χ4n) is 3.82. The molecular weight excluding hydrogens is 658 g/mol. The number of hydrogen-bond donors (Lipinski definition) is 1. The molecule has 9 nitrogen and oxygen atoms in total. The minimum atomic E-state index is -1.17. The van der Waals surface area contributed by atoms with Crippen molar-refractivity contribution in [1.82, 2.24) is 9.66 Å². The van der Waals surface area contributed by atoms with E-state index >= 15 is 0 Å². The van der Waals surface area contributed by atoms with Crippen molar-refractivity contribution in [2.75, 3.05) is 7.11 Å². The third-order valence-electron chi connectivity index (χ3n) is 5.78. The normalized spacial score (nSPS) is 12.3. The second-order valence-electron chi connectivity index (χ2n) is 8.33. The number of aromatic nitrogens is 2. The van der Waals surface area contributed by atoms with Gasteiger partial charge in [0.25, 0.3) is 5.56 Å². The number of furan rings is 1. The summed E-state index contributed by atoms with van der Waals surface area (Å²) in [5, 5.41) is 15.0. The Hall–Kier alpha value is -3.67. The van der Waals surface area contributed by atoms with Crippen LogP contribution in [0.25, 0.3) is 33.5 Å². The van der Waals surface area contributed by atoms with Crippen LogP contribution in [-0.4, -0.2) is 40.2 Å². The Morgan fingerprint density at radius 3 is 2.72 bits per heavy atom. The lowest BCUT2D eigenvalue weighted by molar-refractivity contribution is -0.144. The topological polar surface area (TPSA) is 116 Å². The first-order valence-electron chi connectivity index (χ1n) is 11.4. The SMILES string of the molecule is COc1cc(C=Nn2c(-c3cc4cc(Br)ccc4o3)nc3ccccc3c2=O)c(Br)c(Cl)c1O[C@@H](C)C(=O)O. The number of halogens is 3. The second-order valence-corrected chi connectivity index (χ2v) is 10.4. The number of para-hydroxylation sites is 1. The minimum Gasteiger partial charge on any atom is -0.493 e. The predicted octanol–water partition coefficient (Wildman–Crippen LogP) is 6.73. The first-order valence-corrected chi connectivity index (χ1v) is 13.4. The molecule has 0 saturated carbocycles. The van der Waals surface area contributed by atoms with Gasteiger partial charge in [0.15, 0.2) is 23.4 Å². The smallest absolute Gasteiger partial charge is 0.344 e. The van der Waals surface area contributed by atoms with Crippen molar-refractivity contribution in [3.8, 4) is 23.1 Å². The van der Waals surface area contributed by atoms with Crippen LogP contribution in [0.3, 0.4) is 0 Å². The lowest BCUT2D eigenvalue weighted by Gasteiger charge is -2.17. The van der Waals surface area contributed by atoms with Gasteiger partial charge in [-0.3, -0.25) is 4.79 Å². The summed E-state index contributed by atoms with van der Waals surface area (Å²) in [5.74, 6) is -0.374. The fourth-order valence-corrected chi connectivity index (χ4v) is 4.84. The molecule has 39 heavy (non-hydrogen) atoms. The van der Waals surface area contributed by atoms with Crippen LogP contribution in [0.15, 0.2) is 77.9 Å². The van der Waals surface area contributed by atoms with Crippen molar-refractivity contribution >= 4 is 77.5 Å². The van der Waals surface area contributed by atoms with E-state index in [9.17, 15) is 14.7 Å². The van der Waals surface area contributed by atoms with Crippen LogP contribution in [0, 0.1) is 0 Å². The maximum absolute atomic E-state index is 13.5. The van der Waals surface area contributed by atoms with Crippen LogP contribution in [0.1, 0.15) is 12.5 Å².